The van der Waals surface area contributed by atoms with Crippen LogP contribution < -0.4 is 4.90 Å². The topological polar surface area (TPSA) is 37.4 Å². The number of allylic oxidation sites excluding steroid dienone is 2. The second-order valence-electron chi connectivity index (χ2n) is 5.35. The maximum Gasteiger partial charge on any atom is 0.238 e. The third-order valence-corrected chi connectivity index (χ3v) is 4.48. The van der Waals surface area contributed by atoms with E-state index in [1.54, 1.807) is 0 Å². The summed E-state index contributed by atoms with van der Waals surface area (Å²) < 4.78 is 0. The summed E-state index contributed by atoms with van der Waals surface area (Å²) >= 11 is 0. The minimum Gasteiger partial charge on any atom is -0.274 e. The zero-order valence-corrected chi connectivity index (χ0v) is 9.82. The quantitative estimate of drug-likeness (QED) is 0.555. The number of hydrogen-bond donors (Lipinski definition) is 0. The minimum absolute atomic E-state index is 0.00644. The van der Waals surface area contributed by atoms with Crippen LogP contribution in [0.4, 0.5) is 5.69 Å². The van der Waals surface area contributed by atoms with Crippen molar-refractivity contribution in [3.8, 4) is 0 Å². The summed E-state index contributed by atoms with van der Waals surface area (Å²) in [5.41, 5.74) is 0.710. The Morgan fingerprint density at radius 2 is 1.44 bits per heavy atom. The number of rotatable bonds is 1. The molecular formula is C15H13NO2. The van der Waals surface area contributed by atoms with E-state index in [2.05, 4.69) is 12.2 Å². The lowest BCUT2D eigenvalue weighted by molar-refractivity contribution is -0.123. The third kappa shape index (κ3) is 1.09. The first-order valence-corrected chi connectivity index (χ1v) is 6.38. The average molecular weight is 239 g/mol. The molecule has 0 spiro atoms. The van der Waals surface area contributed by atoms with E-state index in [0.29, 0.717) is 5.69 Å². The Labute approximate surface area is 105 Å². The lowest BCUT2D eigenvalue weighted by Crippen LogP contribution is -2.32. The average Bonchev–Trinajstić information content (AvgIpc) is 3.05. The summed E-state index contributed by atoms with van der Waals surface area (Å²) in [6.07, 6.45) is 5.21. The fourth-order valence-corrected chi connectivity index (χ4v) is 3.73. The van der Waals surface area contributed by atoms with Crippen LogP contribution in [0.5, 0.6) is 0 Å². The van der Waals surface area contributed by atoms with Gasteiger partial charge in [-0.1, -0.05) is 30.4 Å². The van der Waals surface area contributed by atoms with Gasteiger partial charge >= 0.3 is 0 Å². The SMILES string of the molecule is O=C1[C@@H]2[C@H](C(=O)N1c1ccccc1)[C@@H]1C=C[C@H]2C1. The van der Waals surface area contributed by atoms with Crippen LogP contribution in [-0.4, -0.2) is 11.8 Å². The van der Waals surface area contributed by atoms with E-state index >= 15 is 0 Å². The Kier molecular flexibility index (Phi) is 1.85. The van der Waals surface area contributed by atoms with Crippen molar-refractivity contribution in [1.82, 2.24) is 0 Å². The standard InChI is InChI=1S/C15H13NO2/c17-14-12-9-6-7-10(8-9)13(12)15(18)16(14)11-4-2-1-3-5-11/h1-7,9-10,12-13H,8H2/t9-,10+,12-,13+. The normalized spacial score (nSPS) is 36.6. The number of anilines is 1. The number of para-hydroxylation sites is 1. The van der Waals surface area contributed by atoms with E-state index < -0.39 is 0 Å². The predicted octanol–water partition coefficient (Wildman–Crippen LogP) is 2.00. The molecule has 1 saturated heterocycles. The van der Waals surface area contributed by atoms with Crippen molar-refractivity contribution in [3.63, 3.8) is 0 Å². The van der Waals surface area contributed by atoms with E-state index in [4.69, 9.17) is 0 Å². The fraction of sp³-hybridized carbons (Fsp3) is 0.333. The van der Waals surface area contributed by atoms with Crippen LogP contribution in [0.2, 0.25) is 0 Å². The highest BCUT2D eigenvalue weighted by atomic mass is 16.2. The van der Waals surface area contributed by atoms with E-state index in [1.807, 2.05) is 30.3 Å². The zero-order valence-electron chi connectivity index (χ0n) is 9.82. The lowest BCUT2D eigenvalue weighted by Gasteiger charge is -2.16. The molecule has 3 nitrogen and oxygen atoms in total. The van der Waals surface area contributed by atoms with Gasteiger partial charge in [0.25, 0.3) is 0 Å². The Hall–Kier alpha value is -1.90. The van der Waals surface area contributed by atoms with Gasteiger partial charge in [0.2, 0.25) is 11.8 Å². The summed E-state index contributed by atoms with van der Waals surface area (Å²) in [6.45, 7) is 0. The molecule has 1 saturated carbocycles. The maximum atomic E-state index is 12.5. The van der Waals surface area contributed by atoms with Crippen LogP contribution in [-0.2, 0) is 9.59 Å². The second-order valence-corrected chi connectivity index (χ2v) is 5.35. The Bertz CT molecular complexity index is 533. The van der Waals surface area contributed by atoms with E-state index in [-0.39, 0.29) is 35.5 Å². The minimum atomic E-state index is -0.104. The van der Waals surface area contributed by atoms with Crippen molar-refractivity contribution < 1.29 is 9.59 Å². The van der Waals surface area contributed by atoms with Gasteiger partial charge in [-0.15, -0.1) is 0 Å². The smallest absolute Gasteiger partial charge is 0.238 e. The summed E-state index contributed by atoms with van der Waals surface area (Å²) in [4.78, 5) is 26.3. The molecule has 4 atom stereocenters. The van der Waals surface area contributed by atoms with Gasteiger partial charge in [0.15, 0.2) is 0 Å². The molecule has 0 N–H and O–H groups in total. The van der Waals surface area contributed by atoms with Crippen LogP contribution in [0.15, 0.2) is 42.5 Å². The van der Waals surface area contributed by atoms with Gasteiger partial charge in [0, 0.05) is 0 Å². The molecular weight excluding hydrogens is 226 g/mol. The molecule has 1 aromatic rings. The van der Waals surface area contributed by atoms with E-state index in [1.165, 1.54) is 4.90 Å². The molecule has 90 valence electrons. The molecule has 0 aromatic heterocycles. The molecule has 2 bridgehead atoms. The molecule has 2 amide bonds. The highest BCUT2D eigenvalue weighted by Crippen LogP contribution is 2.53. The van der Waals surface area contributed by atoms with Crippen molar-refractivity contribution in [1.29, 1.82) is 0 Å². The molecule has 4 rings (SSSR count). The molecule has 18 heavy (non-hydrogen) atoms. The third-order valence-electron chi connectivity index (χ3n) is 4.48. The number of fused-ring (bicyclic) bond motifs is 5. The number of carbonyl (C=O) groups is 2. The highest BCUT2D eigenvalue weighted by Gasteiger charge is 2.59. The van der Waals surface area contributed by atoms with Gasteiger partial charge in [-0.2, -0.15) is 0 Å². The van der Waals surface area contributed by atoms with Crippen LogP contribution in [0, 0.1) is 23.7 Å². The van der Waals surface area contributed by atoms with E-state index in [9.17, 15) is 9.59 Å². The van der Waals surface area contributed by atoms with Crippen LogP contribution in [0.3, 0.4) is 0 Å². The van der Waals surface area contributed by atoms with Crippen molar-refractivity contribution in [2.24, 2.45) is 23.7 Å². The van der Waals surface area contributed by atoms with Crippen molar-refractivity contribution in [2.45, 2.75) is 6.42 Å². The number of benzene rings is 1. The van der Waals surface area contributed by atoms with E-state index in [0.717, 1.165) is 6.42 Å². The first kappa shape index (κ1) is 10.1. The lowest BCUT2D eigenvalue weighted by atomic mass is 9.85. The molecule has 0 unspecified atom stereocenters. The predicted molar refractivity (Wildman–Crippen MR) is 66.7 cm³/mol. The van der Waals surface area contributed by atoms with Gasteiger partial charge in [-0.05, 0) is 30.4 Å². The number of nitrogens with zero attached hydrogens (tertiary/aromatic N) is 1. The van der Waals surface area contributed by atoms with Crippen LogP contribution in [0.1, 0.15) is 6.42 Å². The fourth-order valence-electron chi connectivity index (χ4n) is 3.73. The number of imide groups is 1. The van der Waals surface area contributed by atoms with Crippen LogP contribution >= 0.6 is 0 Å². The molecule has 1 aromatic carbocycles. The molecule has 2 fully saturated rings. The van der Waals surface area contributed by atoms with Gasteiger partial charge in [-0.3, -0.25) is 14.5 Å². The monoisotopic (exact) mass is 239 g/mol. The number of hydrogen-bond acceptors (Lipinski definition) is 2. The molecule has 0 radical (unpaired) electrons. The summed E-state index contributed by atoms with van der Waals surface area (Å²) in [5, 5.41) is 0. The first-order chi connectivity index (χ1) is 8.77. The largest absolute Gasteiger partial charge is 0.274 e. The van der Waals surface area contributed by atoms with Crippen molar-refractivity contribution in [2.75, 3.05) is 4.90 Å². The number of carbonyl (C=O) groups excluding carboxylic acids is 2. The van der Waals surface area contributed by atoms with Crippen molar-refractivity contribution in [3.05, 3.63) is 42.5 Å². The summed E-state index contributed by atoms with van der Waals surface area (Å²) in [6, 6.07) is 9.26. The summed E-state index contributed by atoms with van der Waals surface area (Å²) in [7, 11) is 0. The summed E-state index contributed by atoms with van der Waals surface area (Å²) in [5.74, 6) is 0.344. The van der Waals surface area contributed by atoms with Gasteiger partial charge in [0.05, 0.1) is 17.5 Å². The highest BCUT2D eigenvalue weighted by molar-refractivity contribution is 6.22. The molecule has 3 aliphatic rings. The Balaban J connectivity index is 1.77. The number of amides is 2. The van der Waals surface area contributed by atoms with Gasteiger partial charge in [-0.25, -0.2) is 0 Å². The van der Waals surface area contributed by atoms with Gasteiger partial charge in [0.1, 0.15) is 0 Å². The van der Waals surface area contributed by atoms with Crippen LogP contribution in [0.25, 0.3) is 0 Å². The molecule has 1 heterocycles. The Morgan fingerprint density at radius 3 is 2.00 bits per heavy atom. The first-order valence-electron chi connectivity index (χ1n) is 6.38. The molecule has 3 heteroatoms. The molecule has 1 aliphatic heterocycles. The Morgan fingerprint density at radius 1 is 0.889 bits per heavy atom. The molecule has 2 aliphatic carbocycles. The van der Waals surface area contributed by atoms with Crippen molar-refractivity contribution >= 4 is 17.5 Å². The van der Waals surface area contributed by atoms with Gasteiger partial charge < -0.3 is 0 Å². The zero-order chi connectivity index (χ0) is 12.3. The second kappa shape index (κ2) is 3.31. The maximum absolute atomic E-state index is 12.5.